The van der Waals surface area contributed by atoms with Crippen LogP contribution in [0.15, 0.2) is 60.7 Å². The van der Waals surface area contributed by atoms with Crippen molar-refractivity contribution >= 4 is 5.91 Å². The standard InChI is InChI=1S/C27H27F4N3O/c1-18-2-11-24(26(35)32-16-19-5-9-23(28)10-6-19)25(33-18)21-12-14-34(15-13-21)17-20-3-7-22(8-4-20)27(29,30)31/h2-11,21H,12-17H2,1H3,(H,32,35). The van der Waals surface area contributed by atoms with Crippen LogP contribution >= 0.6 is 0 Å². The summed E-state index contributed by atoms with van der Waals surface area (Å²) in [5.74, 6) is -0.427. The van der Waals surface area contributed by atoms with Crippen molar-refractivity contribution in [3.05, 3.63) is 100 Å². The van der Waals surface area contributed by atoms with E-state index >= 15 is 0 Å². The molecule has 8 heteroatoms. The number of carbonyl (C=O) groups is 1. The highest BCUT2D eigenvalue weighted by molar-refractivity contribution is 5.95. The van der Waals surface area contributed by atoms with Gasteiger partial charge >= 0.3 is 6.18 Å². The first-order chi connectivity index (χ1) is 16.7. The molecule has 1 aromatic heterocycles. The predicted molar refractivity (Wildman–Crippen MR) is 125 cm³/mol. The number of nitrogens with one attached hydrogen (secondary N) is 1. The van der Waals surface area contributed by atoms with Gasteiger partial charge in [0.05, 0.1) is 16.8 Å². The molecule has 35 heavy (non-hydrogen) atoms. The van der Waals surface area contributed by atoms with Gasteiger partial charge < -0.3 is 5.32 Å². The van der Waals surface area contributed by atoms with Crippen LogP contribution in [0.25, 0.3) is 0 Å². The number of halogens is 4. The number of likely N-dealkylation sites (tertiary alicyclic amines) is 1. The lowest BCUT2D eigenvalue weighted by Crippen LogP contribution is -2.34. The molecule has 2 aromatic carbocycles. The minimum absolute atomic E-state index is 0.116. The molecule has 1 fully saturated rings. The summed E-state index contributed by atoms with van der Waals surface area (Å²) >= 11 is 0. The second-order valence-corrected chi connectivity index (χ2v) is 8.94. The summed E-state index contributed by atoms with van der Waals surface area (Å²) in [6.07, 6.45) is -2.73. The third-order valence-electron chi connectivity index (χ3n) is 6.34. The van der Waals surface area contributed by atoms with E-state index in [4.69, 9.17) is 4.98 Å². The maximum Gasteiger partial charge on any atom is 0.416 e. The monoisotopic (exact) mass is 485 g/mol. The van der Waals surface area contributed by atoms with Crippen molar-refractivity contribution in [1.82, 2.24) is 15.2 Å². The molecule has 1 saturated heterocycles. The molecule has 0 saturated carbocycles. The van der Waals surface area contributed by atoms with Gasteiger partial charge in [-0.05, 0) is 80.4 Å². The van der Waals surface area contributed by atoms with Crippen LogP contribution in [0, 0.1) is 12.7 Å². The van der Waals surface area contributed by atoms with Crippen LogP contribution in [0.1, 0.15) is 57.2 Å². The van der Waals surface area contributed by atoms with Gasteiger partial charge in [-0.25, -0.2) is 4.39 Å². The molecule has 0 aliphatic carbocycles. The number of nitrogens with zero attached hydrogens (tertiary/aromatic N) is 2. The summed E-state index contributed by atoms with van der Waals surface area (Å²) in [4.78, 5) is 19.8. The van der Waals surface area contributed by atoms with Crippen molar-refractivity contribution in [2.24, 2.45) is 0 Å². The summed E-state index contributed by atoms with van der Waals surface area (Å²) in [5, 5.41) is 2.90. The first-order valence-electron chi connectivity index (χ1n) is 11.6. The highest BCUT2D eigenvalue weighted by Crippen LogP contribution is 2.31. The number of aromatic nitrogens is 1. The average Bonchev–Trinajstić information content (AvgIpc) is 2.84. The normalized spacial score (nSPS) is 15.2. The van der Waals surface area contributed by atoms with E-state index < -0.39 is 11.7 Å². The van der Waals surface area contributed by atoms with Gasteiger partial charge in [-0.15, -0.1) is 0 Å². The average molecular weight is 486 g/mol. The van der Waals surface area contributed by atoms with Crippen molar-refractivity contribution in [3.8, 4) is 0 Å². The van der Waals surface area contributed by atoms with Gasteiger partial charge in [-0.1, -0.05) is 24.3 Å². The highest BCUT2D eigenvalue weighted by atomic mass is 19.4. The number of hydrogen-bond acceptors (Lipinski definition) is 3. The zero-order chi connectivity index (χ0) is 25.0. The van der Waals surface area contributed by atoms with Gasteiger partial charge in [-0.2, -0.15) is 13.2 Å². The molecule has 0 spiro atoms. The number of carbonyl (C=O) groups excluding carboxylic acids is 1. The second kappa shape index (κ2) is 10.6. The van der Waals surface area contributed by atoms with Gasteiger partial charge in [0, 0.05) is 24.7 Å². The Balaban J connectivity index is 1.37. The Labute approximate surface area is 202 Å². The third kappa shape index (κ3) is 6.45. The van der Waals surface area contributed by atoms with Crippen LogP contribution in [-0.2, 0) is 19.3 Å². The van der Waals surface area contributed by atoms with Crippen molar-refractivity contribution in [2.75, 3.05) is 13.1 Å². The summed E-state index contributed by atoms with van der Waals surface area (Å²) in [6, 6.07) is 14.9. The maximum absolute atomic E-state index is 13.1. The van der Waals surface area contributed by atoms with Crippen LogP contribution in [0.4, 0.5) is 17.6 Å². The van der Waals surface area contributed by atoms with E-state index in [9.17, 15) is 22.4 Å². The molecule has 2 heterocycles. The van der Waals surface area contributed by atoms with Crippen LogP contribution in [0.3, 0.4) is 0 Å². The molecule has 1 aliphatic rings. The lowest BCUT2D eigenvalue weighted by Gasteiger charge is -2.32. The Hall–Kier alpha value is -3.26. The van der Waals surface area contributed by atoms with E-state index in [1.54, 1.807) is 18.2 Å². The number of amides is 1. The lowest BCUT2D eigenvalue weighted by atomic mass is 9.89. The first kappa shape index (κ1) is 24.9. The fourth-order valence-electron chi connectivity index (χ4n) is 4.38. The molecule has 4 rings (SSSR count). The number of hydrogen-bond donors (Lipinski definition) is 1. The van der Waals surface area contributed by atoms with Crippen LogP contribution in [0.2, 0.25) is 0 Å². The first-order valence-corrected chi connectivity index (χ1v) is 11.6. The zero-order valence-electron chi connectivity index (χ0n) is 19.4. The molecule has 1 amide bonds. The number of rotatable bonds is 6. The Kier molecular flexibility index (Phi) is 7.50. The summed E-state index contributed by atoms with van der Waals surface area (Å²) in [5.41, 5.74) is 3.15. The fourth-order valence-corrected chi connectivity index (χ4v) is 4.38. The van der Waals surface area contributed by atoms with E-state index in [2.05, 4.69) is 10.2 Å². The van der Waals surface area contributed by atoms with Gasteiger partial charge in [0.1, 0.15) is 5.82 Å². The van der Waals surface area contributed by atoms with Gasteiger partial charge in [0.25, 0.3) is 5.91 Å². The van der Waals surface area contributed by atoms with Gasteiger partial charge in [0.15, 0.2) is 0 Å². The number of alkyl halides is 3. The molecule has 1 N–H and O–H groups in total. The molecule has 0 radical (unpaired) electrons. The quantitative estimate of drug-likeness (QED) is 0.445. The third-order valence-corrected chi connectivity index (χ3v) is 6.34. The van der Waals surface area contributed by atoms with Crippen LogP contribution in [0.5, 0.6) is 0 Å². The summed E-state index contributed by atoms with van der Waals surface area (Å²) < 4.78 is 51.5. The minimum atomic E-state index is -4.33. The summed E-state index contributed by atoms with van der Waals surface area (Å²) in [6.45, 7) is 4.29. The smallest absolute Gasteiger partial charge is 0.348 e. The molecule has 4 nitrogen and oxygen atoms in total. The molecule has 0 atom stereocenters. The molecule has 0 unspecified atom stereocenters. The zero-order valence-corrected chi connectivity index (χ0v) is 19.4. The van der Waals surface area contributed by atoms with E-state index in [1.807, 2.05) is 13.0 Å². The number of benzene rings is 2. The second-order valence-electron chi connectivity index (χ2n) is 8.94. The molecular formula is C27H27F4N3O. The topological polar surface area (TPSA) is 45.2 Å². The highest BCUT2D eigenvalue weighted by Gasteiger charge is 2.30. The van der Waals surface area contributed by atoms with Crippen molar-refractivity contribution in [2.45, 2.75) is 44.9 Å². The van der Waals surface area contributed by atoms with Gasteiger partial charge in [-0.3, -0.25) is 14.7 Å². The molecule has 3 aromatic rings. The van der Waals surface area contributed by atoms with Crippen molar-refractivity contribution < 1.29 is 22.4 Å². The predicted octanol–water partition coefficient (Wildman–Crippen LogP) is 5.86. The Morgan fingerprint density at radius 2 is 1.60 bits per heavy atom. The number of piperidine rings is 1. The lowest BCUT2D eigenvalue weighted by molar-refractivity contribution is -0.137. The fraction of sp³-hybridized carbons (Fsp3) is 0.333. The van der Waals surface area contributed by atoms with Crippen molar-refractivity contribution in [3.63, 3.8) is 0 Å². The largest absolute Gasteiger partial charge is 0.416 e. The maximum atomic E-state index is 13.1. The van der Waals surface area contributed by atoms with E-state index in [-0.39, 0.29) is 24.2 Å². The number of aryl methyl sites for hydroxylation is 1. The Bertz CT molecular complexity index is 1150. The van der Waals surface area contributed by atoms with E-state index in [0.29, 0.717) is 12.1 Å². The Morgan fingerprint density at radius 3 is 2.23 bits per heavy atom. The van der Waals surface area contributed by atoms with Crippen LogP contribution < -0.4 is 5.32 Å². The summed E-state index contributed by atoms with van der Waals surface area (Å²) in [7, 11) is 0. The van der Waals surface area contributed by atoms with Crippen molar-refractivity contribution in [1.29, 1.82) is 0 Å². The number of pyridine rings is 1. The minimum Gasteiger partial charge on any atom is -0.348 e. The molecular weight excluding hydrogens is 458 g/mol. The molecule has 184 valence electrons. The molecule has 0 bridgehead atoms. The Morgan fingerprint density at radius 1 is 0.971 bits per heavy atom. The SMILES string of the molecule is Cc1ccc(C(=O)NCc2ccc(F)cc2)c(C2CCN(Cc3ccc(C(F)(F)F)cc3)CC2)n1. The van der Waals surface area contributed by atoms with E-state index in [0.717, 1.165) is 60.6 Å². The molecule has 1 aliphatic heterocycles. The van der Waals surface area contributed by atoms with Crippen LogP contribution in [-0.4, -0.2) is 28.9 Å². The van der Waals surface area contributed by atoms with E-state index in [1.165, 1.54) is 24.3 Å². The van der Waals surface area contributed by atoms with Gasteiger partial charge in [0.2, 0.25) is 0 Å².